The summed E-state index contributed by atoms with van der Waals surface area (Å²) in [6.07, 6.45) is 4.94. The molecule has 5 nitrogen and oxygen atoms in total. The van der Waals surface area contributed by atoms with Crippen LogP contribution in [0.2, 0.25) is 0 Å². The zero-order valence-corrected chi connectivity index (χ0v) is 10.9. The van der Waals surface area contributed by atoms with E-state index < -0.39 is 0 Å². The molecule has 5 heteroatoms. The lowest BCUT2D eigenvalue weighted by Crippen LogP contribution is -2.28. The van der Waals surface area contributed by atoms with Gasteiger partial charge in [-0.05, 0) is 26.7 Å². The number of nitrogens with one attached hydrogen (secondary N) is 1. The lowest BCUT2D eigenvalue weighted by atomic mass is 10.0. The molecule has 0 aliphatic heterocycles. The first-order chi connectivity index (χ1) is 8.13. The molecule has 1 aromatic heterocycles. The lowest BCUT2D eigenvalue weighted by Gasteiger charge is -2.10. The molecule has 0 saturated heterocycles. The summed E-state index contributed by atoms with van der Waals surface area (Å²) >= 11 is 0. The van der Waals surface area contributed by atoms with Crippen molar-refractivity contribution in [1.29, 1.82) is 0 Å². The van der Waals surface area contributed by atoms with Crippen LogP contribution in [-0.4, -0.2) is 27.4 Å². The van der Waals surface area contributed by atoms with Crippen molar-refractivity contribution >= 4 is 5.91 Å². The average molecular weight is 238 g/mol. The molecular formula is C12H22N4O. The molecular weight excluding hydrogens is 216 g/mol. The third kappa shape index (κ3) is 4.97. The van der Waals surface area contributed by atoms with E-state index in [1.165, 1.54) is 0 Å². The minimum atomic E-state index is 0.104. The Kier molecular flexibility index (Phi) is 5.66. The van der Waals surface area contributed by atoms with Crippen LogP contribution in [0.4, 0.5) is 0 Å². The minimum Gasteiger partial charge on any atom is -0.356 e. The maximum atomic E-state index is 11.5. The molecule has 0 aliphatic carbocycles. The number of aromatic nitrogens is 3. The summed E-state index contributed by atoms with van der Waals surface area (Å²) in [6.45, 7) is 7.44. The van der Waals surface area contributed by atoms with Crippen LogP contribution in [0.25, 0.3) is 0 Å². The quantitative estimate of drug-likeness (QED) is 0.733. The Morgan fingerprint density at radius 3 is 2.88 bits per heavy atom. The Labute approximate surface area is 103 Å². The number of carbonyl (C=O) groups is 1. The predicted octanol–water partition coefficient (Wildman–Crippen LogP) is 1.53. The summed E-state index contributed by atoms with van der Waals surface area (Å²) in [6, 6.07) is 0. The third-order valence-corrected chi connectivity index (χ3v) is 2.73. The molecule has 0 fully saturated rings. The highest BCUT2D eigenvalue weighted by molar-refractivity contribution is 5.78. The molecule has 1 aromatic rings. The molecule has 0 radical (unpaired) electrons. The Hall–Kier alpha value is -1.39. The number of hydrogen-bond acceptors (Lipinski definition) is 3. The summed E-state index contributed by atoms with van der Waals surface area (Å²) in [7, 11) is 0. The van der Waals surface area contributed by atoms with Crippen molar-refractivity contribution in [2.45, 2.75) is 46.6 Å². The highest BCUT2D eigenvalue weighted by Crippen LogP contribution is 2.08. The van der Waals surface area contributed by atoms with Crippen LogP contribution in [0.15, 0.2) is 6.20 Å². The van der Waals surface area contributed by atoms with Crippen molar-refractivity contribution in [3.8, 4) is 0 Å². The van der Waals surface area contributed by atoms with Crippen LogP contribution in [-0.2, 0) is 11.3 Å². The molecule has 1 heterocycles. The van der Waals surface area contributed by atoms with Crippen LogP contribution < -0.4 is 5.32 Å². The fraction of sp³-hybridized carbons (Fsp3) is 0.750. The van der Waals surface area contributed by atoms with E-state index in [1.54, 1.807) is 0 Å². The molecule has 0 spiro atoms. The van der Waals surface area contributed by atoms with Crippen LogP contribution in [0.1, 0.15) is 38.8 Å². The van der Waals surface area contributed by atoms with Gasteiger partial charge in [0, 0.05) is 25.2 Å². The second-order valence-electron chi connectivity index (χ2n) is 4.41. The molecule has 1 atom stereocenters. The minimum absolute atomic E-state index is 0.104. The highest BCUT2D eigenvalue weighted by atomic mass is 16.1. The zero-order chi connectivity index (χ0) is 12.7. The van der Waals surface area contributed by atoms with Crippen molar-refractivity contribution in [1.82, 2.24) is 20.3 Å². The van der Waals surface area contributed by atoms with Gasteiger partial charge in [-0.3, -0.25) is 9.48 Å². The summed E-state index contributed by atoms with van der Waals surface area (Å²) in [5, 5.41) is 10.8. The van der Waals surface area contributed by atoms with E-state index in [-0.39, 0.29) is 11.8 Å². The number of rotatable bonds is 7. The summed E-state index contributed by atoms with van der Waals surface area (Å²) in [4.78, 5) is 11.5. The topological polar surface area (TPSA) is 59.8 Å². The van der Waals surface area contributed by atoms with Crippen LogP contribution in [0.3, 0.4) is 0 Å². The SMILES string of the molecule is CCNC(=O)C(C)CCCCn1cc(C)nn1. The van der Waals surface area contributed by atoms with E-state index in [2.05, 4.69) is 15.6 Å². The second-order valence-corrected chi connectivity index (χ2v) is 4.41. The molecule has 0 bridgehead atoms. The predicted molar refractivity (Wildman–Crippen MR) is 66.5 cm³/mol. The molecule has 1 unspecified atom stereocenters. The fourth-order valence-electron chi connectivity index (χ4n) is 1.71. The van der Waals surface area contributed by atoms with Gasteiger partial charge in [-0.1, -0.05) is 18.6 Å². The van der Waals surface area contributed by atoms with Gasteiger partial charge in [0.25, 0.3) is 0 Å². The summed E-state index contributed by atoms with van der Waals surface area (Å²) in [5.74, 6) is 0.261. The van der Waals surface area contributed by atoms with Crippen molar-refractivity contribution in [3.63, 3.8) is 0 Å². The maximum Gasteiger partial charge on any atom is 0.222 e. The summed E-state index contributed by atoms with van der Waals surface area (Å²) < 4.78 is 1.85. The zero-order valence-electron chi connectivity index (χ0n) is 10.9. The van der Waals surface area contributed by atoms with Gasteiger partial charge >= 0.3 is 0 Å². The third-order valence-electron chi connectivity index (χ3n) is 2.73. The molecule has 0 aliphatic rings. The largest absolute Gasteiger partial charge is 0.356 e. The number of amides is 1. The molecule has 1 amide bonds. The molecule has 0 aromatic carbocycles. The first-order valence-corrected chi connectivity index (χ1v) is 6.28. The number of aryl methyl sites for hydroxylation is 2. The van der Waals surface area contributed by atoms with Crippen LogP contribution >= 0.6 is 0 Å². The van der Waals surface area contributed by atoms with E-state index in [9.17, 15) is 4.79 Å². The van der Waals surface area contributed by atoms with E-state index in [0.29, 0.717) is 6.54 Å². The Balaban J connectivity index is 2.13. The fourth-order valence-corrected chi connectivity index (χ4v) is 1.71. The van der Waals surface area contributed by atoms with Gasteiger partial charge in [0.05, 0.1) is 5.69 Å². The van der Waals surface area contributed by atoms with Crippen molar-refractivity contribution in [3.05, 3.63) is 11.9 Å². The molecule has 1 rings (SSSR count). The van der Waals surface area contributed by atoms with Gasteiger partial charge < -0.3 is 5.32 Å². The standard InChI is InChI=1S/C12H22N4O/c1-4-13-12(17)10(2)7-5-6-8-16-9-11(3)14-15-16/h9-10H,4-8H2,1-3H3,(H,13,17). The smallest absolute Gasteiger partial charge is 0.222 e. The molecule has 17 heavy (non-hydrogen) atoms. The Morgan fingerprint density at radius 1 is 1.53 bits per heavy atom. The van der Waals surface area contributed by atoms with Gasteiger partial charge in [0.15, 0.2) is 0 Å². The molecule has 0 saturated carbocycles. The van der Waals surface area contributed by atoms with E-state index in [0.717, 1.165) is 31.5 Å². The second kappa shape index (κ2) is 7.04. The average Bonchev–Trinajstić information content (AvgIpc) is 2.70. The highest BCUT2D eigenvalue weighted by Gasteiger charge is 2.10. The molecule has 96 valence electrons. The van der Waals surface area contributed by atoms with Crippen LogP contribution in [0.5, 0.6) is 0 Å². The van der Waals surface area contributed by atoms with E-state index in [1.807, 2.05) is 31.6 Å². The number of nitrogens with zero attached hydrogens (tertiary/aromatic N) is 3. The first kappa shape index (κ1) is 13.7. The van der Waals surface area contributed by atoms with Gasteiger partial charge in [-0.15, -0.1) is 5.10 Å². The first-order valence-electron chi connectivity index (χ1n) is 6.28. The van der Waals surface area contributed by atoms with Crippen molar-refractivity contribution < 1.29 is 4.79 Å². The van der Waals surface area contributed by atoms with Gasteiger partial charge in [0.2, 0.25) is 5.91 Å². The van der Waals surface area contributed by atoms with Gasteiger partial charge in [-0.2, -0.15) is 0 Å². The lowest BCUT2D eigenvalue weighted by molar-refractivity contribution is -0.124. The van der Waals surface area contributed by atoms with E-state index >= 15 is 0 Å². The van der Waals surface area contributed by atoms with Crippen molar-refractivity contribution in [2.75, 3.05) is 6.54 Å². The number of carbonyl (C=O) groups excluding carboxylic acids is 1. The monoisotopic (exact) mass is 238 g/mol. The summed E-state index contributed by atoms with van der Waals surface area (Å²) in [5.41, 5.74) is 0.945. The van der Waals surface area contributed by atoms with Crippen LogP contribution in [0, 0.1) is 12.8 Å². The number of unbranched alkanes of at least 4 members (excludes halogenated alkanes) is 1. The Morgan fingerprint density at radius 2 is 2.29 bits per heavy atom. The molecule has 1 N–H and O–H groups in total. The van der Waals surface area contributed by atoms with Gasteiger partial charge in [-0.25, -0.2) is 0 Å². The van der Waals surface area contributed by atoms with Gasteiger partial charge in [0.1, 0.15) is 0 Å². The normalized spacial score (nSPS) is 12.4. The van der Waals surface area contributed by atoms with E-state index in [4.69, 9.17) is 0 Å². The maximum absolute atomic E-state index is 11.5. The Bertz CT molecular complexity index is 348. The van der Waals surface area contributed by atoms with Crippen molar-refractivity contribution in [2.24, 2.45) is 5.92 Å². The number of hydrogen-bond donors (Lipinski definition) is 1.